The van der Waals surface area contributed by atoms with Crippen molar-refractivity contribution in [2.75, 3.05) is 14.2 Å². The van der Waals surface area contributed by atoms with Gasteiger partial charge in [-0.25, -0.2) is 9.97 Å². The highest BCUT2D eigenvalue weighted by Crippen LogP contribution is 2.36. The average molecular weight is 418 g/mol. The Hall–Kier alpha value is -2.29. The number of aromatic nitrogens is 2. The standard InChI is InChI=1S/C18H19ClF3N3O3/c1-25(17(26)18(20,21)22)10-3-5-11(6-4-10)28-15-7-12-13(8-14(15)27-2)23-9-24-16(12)19/h7-11H,3-6H2,1-2H3/t10-,11+. The summed E-state index contributed by atoms with van der Waals surface area (Å²) in [5.41, 5.74) is 0.611. The molecule has 1 amide bonds. The van der Waals surface area contributed by atoms with Crippen molar-refractivity contribution in [1.29, 1.82) is 0 Å². The van der Waals surface area contributed by atoms with E-state index in [0.717, 1.165) is 4.90 Å². The molecule has 1 aliphatic carbocycles. The summed E-state index contributed by atoms with van der Waals surface area (Å²) in [6.07, 6.45) is -1.85. The summed E-state index contributed by atoms with van der Waals surface area (Å²) in [7, 11) is 2.70. The molecule has 6 nitrogen and oxygen atoms in total. The lowest BCUT2D eigenvalue weighted by Gasteiger charge is -2.35. The first kappa shape index (κ1) is 20.4. The number of carbonyl (C=O) groups is 1. The maximum Gasteiger partial charge on any atom is 0.471 e. The summed E-state index contributed by atoms with van der Waals surface area (Å²) in [5.74, 6) is -0.869. The van der Waals surface area contributed by atoms with E-state index in [1.54, 1.807) is 12.1 Å². The minimum atomic E-state index is -4.86. The Bertz CT molecular complexity index is 870. The second-order valence-electron chi connectivity index (χ2n) is 6.65. The highest BCUT2D eigenvalue weighted by atomic mass is 35.5. The van der Waals surface area contributed by atoms with Crippen LogP contribution in [0.25, 0.3) is 10.9 Å². The molecule has 1 heterocycles. The van der Waals surface area contributed by atoms with Crippen molar-refractivity contribution >= 4 is 28.4 Å². The van der Waals surface area contributed by atoms with Gasteiger partial charge < -0.3 is 14.4 Å². The topological polar surface area (TPSA) is 64.6 Å². The Labute approximate surface area is 164 Å². The maximum absolute atomic E-state index is 12.6. The number of halogens is 4. The molecule has 0 unspecified atom stereocenters. The minimum Gasteiger partial charge on any atom is -0.493 e. The van der Waals surface area contributed by atoms with Crippen LogP contribution in [0.15, 0.2) is 18.5 Å². The highest BCUT2D eigenvalue weighted by molar-refractivity contribution is 6.34. The lowest BCUT2D eigenvalue weighted by atomic mass is 9.92. The number of nitrogens with zero attached hydrogens (tertiary/aromatic N) is 3. The third-order valence-electron chi connectivity index (χ3n) is 4.92. The summed E-state index contributed by atoms with van der Waals surface area (Å²) in [4.78, 5) is 20.3. The smallest absolute Gasteiger partial charge is 0.471 e. The lowest BCUT2D eigenvalue weighted by molar-refractivity contribution is -0.187. The minimum absolute atomic E-state index is 0.208. The summed E-state index contributed by atoms with van der Waals surface area (Å²) in [5, 5.41) is 0.901. The monoisotopic (exact) mass is 417 g/mol. The number of methoxy groups -OCH3 is 1. The molecule has 0 bridgehead atoms. The number of carbonyl (C=O) groups excluding carboxylic acids is 1. The normalized spacial score (nSPS) is 20.1. The van der Waals surface area contributed by atoms with Crippen molar-refractivity contribution in [3.05, 3.63) is 23.6 Å². The molecular formula is C18H19ClF3N3O3. The molecule has 0 spiro atoms. The summed E-state index contributed by atoms with van der Waals surface area (Å²) in [6.45, 7) is 0. The Balaban J connectivity index is 1.69. The first-order chi connectivity index (χ1) is 13.2. The molecule has 1 aromatic carbocycles. The number of amides is 1. The molecule has 0 N–H and O–H groups in total. The summed E-state index contributed by atoms with van der Waals surface area (Å²) in [6, 6.07) is 2.93. The van der Waals surface area contributed by atoms with E-state index in [9.17, 15) is 18.0 Å². The van der Waals surface area contributed by atoms with E-state index < -0.39 is 18.1 Å². The molecule has 1 aromatic heterocycles. The van der Waals surface area contributed by atoms with Crippen LogP contribution in [0.5, 0.6) is 11.5 Å². The van der Waals surface area contributed by atoms with E-state index in [-0.39, 0.29) is 11.3 Å². The predicted octanol–water partition coefficient (Wildman–Crippen LogP) is 4.00. The van der Waals surface area contributed by atoms with Gasteiger partial charge in [-0.1, -0.05) is 11.6 Å². The largest absolute Gasteiger partial charge is 0.493 e. The molecule has 0 aliphatic heterocycles. The molecule has 0 radical (unpaired) electrons. The van der Waals surface area contributed by atoms with Crippen LogP contribution in [-0.2, 0) is 4.79 Å². The zero-order valence-corrected chi connectivity index (χ0v) is 16.0. The highest BCUT2D eigenvalue weighted by Gasteiger charge is 2.43. The fourth-order valence-electron chi connectivity index (χ4n) is 3.38. The van der Waals surface area contributed by atoms with E-state index in [1.807, 2.05) is 0 Å². The SMILES string of the molecule is COc1cc2ncnc(Cl)c2cc1O[C@H]1CC[C@@H](N(C)C(=O)C(F)(F)F)CC1. The van der Waals surface area contributed by atoms with Gasteiger partial charge in [-0.15, -0.1) is 0 Å². The molecule has 152 valence electrons. The van der Waals surface area contributed by atoms with Crippen molar-refractivity contribution in [1.82, 2.24) is 14.9 Å². The number of fused-ring (bicyclic) bond motifs is 1. The Morgan fingerprint density at radius 3 is 2.46 bits per heavy atom. The molecule has 1 aliphatic rings. The number of rotatable bonds is 4. The van der Waals surface area contributed by atoms with Gasteiger partial charge in [0.15, 0.2) is 11.5 Å². The maximum atomic E-state index is 12.6. The molecule has 10 heteroatoms. The van der Waals surface area contributed by atoms with Crippen LogP contribution in [0.3, 0.4) is 0 Å². The van der Waals surface area contributed by atoms with Gasteiger partial charge in [-0.05, 0) is 31.7 Å². The van der Waals surface area contributed by atoms with Crippen molar-refractivity contribution in [2.45, 2.75) is 44.0 Å². The zero-order chi connectivity index (χ0) is 20.5. The molecule has 0 saturated heterocycles. The van der Waals surface area contributed by atoms with Crippen molar-refractivity contribution in [3.8, 4) is 11.5 Å². The first-order valence-corrected chi connectivity index (χ1v) is 9.07. The third-order valence-corrected chi connectivity index (χ3v) is 5.22. The van der Waals surface area contributed by atoms with Crippen LogP contribution in [0, 0.1) is 0 Å². The van der Waals surface area contributed by atoms with E-state index in [0.29, 0.717) is 48.1 Å². The van der Waals surface area contributed by atoms with Gasteiger partial charge >= 0.3 is 12.1 Å². The van der Waals surface area contributed by atoms with Crippen LogP contribution >= 0.6 is 11.6 Å². The van der Waals surface area contributed by atoms with E-state index in [2.05, 4.69) is 9.97 Å². The second-order valence-corrected chi connectivity index (χ2v) is 7.00. The summed E-state index contributed by atoms with van der Waals surface area (Å²) >= 11 is 6.11. The lowest BCUT2D eigenvalue weighted by Crippen LogP contribution is -2.46. The average Bonchev–Trinajstić information content (AvgIpc) is 2.67. The zero-order valence-electron chi connectivity index (χ0n) is 15.3. The van der Waals surface area contributed by atoms with Gasteiger partial charge in [-0.3, -0.25) is 4.79 Å². The second kappa shape index (κ2) is 7.98. The van der Waals surface area contributed by atoms with Crippen LogP contribution in [0.4, 0.5) is 13.2 Å². The van der Waals surface area contributed by atoms with Crippen LogP contribution in [0.2, 0.25) is 5.15 Å². The fraction of sp³-hybridized carbons (Fsp3) is 0.500. The van der Waals surface area contributed by atoms with Gasteiger partial charge in [0, 0.05) is 24.5 Å². The van der Waals surface area contributed by atoms with Gasteiger partial charge in [0.25, 0.3) is 0 Å². The number of ether oxygens (including phenoxy) is 2. The van der Waals surface area contributed by atoms with Gasteiger partial charge in [0.1, 0.15) is 11.5 Å². The molecule has 1 saturated carbocycles. The Morgan fingerprint density at radius 2 is 1.86 bits per heavy atom. The van der Waals surface area contributed by atoms with Crippen molar-refractivity contribution in [3.63, 3.8) is 0 Å². The molecule has 1 fully saturated rings. The number of hydrogen-bond donors (Lipinski definition) is 0. The number of hydrogen-bond acceptors (Lipinski definition) is 5. The molecule has 3 rings (SSSR count). The van der Waals surface area contributed by atoms with Crippen LogP contribution in [-0.4, -0.2) is 53.3 Å². The van der Waals surface area contributed by atoms with E-state index in [1.165, 1.54) is 20.5 Å². The van der Waals surface area contributed by atoms with E-state index in [4.69, 9.17) is 21.1 Å². The van der Waals surface area contributed by atoms with Crippen molar-refractivity contribution < 1.29 is 27.4 Å². The third kappa shape index (κ3) is 4.24. The molecule has 2 aromatic rings. The van der Waals surface area contributed by atoms with Gasteiger partial charge in [-0.2, -0.15) is 13.2 Å². The van der Waals surface area contributed by atoms with E-state index >= 15 is 0 Å². The number of alkyl halides is 3. The van der Waals surface area contributed by atoms with Gasteiger partial charge in [0.2, 0.25) is 0 Å². The van der Waals surface area contributed by atoms with Crippen LogP contribution in [0.1, 0.15) is 25.7 Å². The first-order valence-electron chi connectivity index (χ1n) is 8.69. The van der Waals surface area contributed by atoms with Gasteiger partial charge in [0.05, 0.1) is 18.7 Å². The quantitative estimate of drug-likeness (QED) is 0.703. The summed E-state index contributed by atoms with van der Waals surface area (Å²) < 4.78 is 49.2. The van der Waals surface area contributed by atoms with Crippen LogP contribution < -0.4 is 9.47 Å². The number of benzene rings is 1. The van der Waals surface area contributed by atoms with Crippen molar-refractivity contribution in [2.24, 2.45) is 0 Å². The Kier molecular flexibility index (Phi) is 5.83. The molecular weight excluding hydrogens is 399 g/mol. The fourth-order valence-corrected chi connectivity index (χ4v) is 3.57. The Morgan fingerprint density at radius 1 is 1.18 bits per heavy atom. The predicted molar refractivity (Wildman–Crippen MR) is 96.6 cm³/mol. The molecule has 28 heavy (non-hydrogen) atoms. The molecule has 0 atom stereocenters.